The fraction of sp³-hybridized carbons (Fsp3) is 0.176. The summed E-state index contributed by atoms with van der Waals surface area (Å²) in [6, 6.07) is 17.2. The van der Waals surface area contributed by atoms with Crippen LogP contribution in [0.2, 0.25) is 0 Å². The summed E-state index contributed by atoms with van der Waals surface area (Å²) < 4.78 is 0. The van der Waals surface area contributed by atoms with E-state index in [0.29, 0.717) is 0 Å². The molecule has 2 aromatic rings. The van der Waals surface area contributed by atoms with Gasteiger partial charge in [0, 0.05) is 0 Å². The number of aryl methyl sites for hydroxylation is 2. The van der Waals surface area contributed by atoms with Crippen molar-refractivity contribution in [1.82, 2.24) is 0 Å². The van der Waals surface area contributed by atoms with E-state index < -0.39 is 0 Å². The van der Waals surface area contributed by atoms with Crippen molar-refractivity contribution < 1.29 is 9.59 Å². The summed E-state index contributed by atoms with van der Waals surface area (Å²) in [5, 5.41) is 10.8. The lowest BCUT2D eigenvalue weighted by Crippen LogP contribution is -1.80. The Labute approximate surface area is 125 Å². The van der Waals surface area contributed by atoms with Crippen LogP contribution in [0.5, 0.6) is 0 Å². The number of rotatable bonds is 1. The SMILES string of the molecule is C.Cc1cccc(-c2cccc(C)c2)c1.N=C=O.N=C=O. The van der Waals surface area contributed by atoms with E-state index in [0.717, 1.165) is 12.2 Å². The number of hydrogen-bond donors (Lipinski definition) is 2. The van der Waals surface area contributed by atoms with Gasteiger partial charge in [0.25, 0.3) is 0 Å². The van der Waals surface area contributed by atoms with Crippen molar-refractivity contribution in [2.75, 3.05) is 0 Å². The van der Waals surface area contributed by atoms with Gasteiger partial charge in [0.2, 0.25) is 12.2 Å². The third-order valence-corrected chi connectivity index (χ3v) is 2.37. The maximum absolute atomic E-state index is 8.35. The lowest BCUT2D eigenvalue weighted by atomic mass is 10.0. The van der Waals surface area contributed by atoms with Gasteiger partial charge in [-0.1, -0.05) is 67.1 Å². The van der Waals surface area contributed by atoms with E-state index in [-0.39, 0.29) is 7.43 Å². The maximum Gasteiger partial charge on any atom is 0.231 e. The molecule has 0 amide bonds. The summed E-state index contributed by atoms with van der Waals surface area (Å²) in [7, 11) is 0. The molecule has 2 aromatic carbocycles. The average molecular weight is 284 g/mol. The maximum atomic E-state index is 8.35. The Kier molecular flexibility index (Phi) is 12.0. The van der Waals surface area contributed by atoms with Crippen molar-refractivity contribution in [1.29, 1.82) is 10.8 Å². The highest BCUT2D eigenvalue weighted by Gasteiger charge is 1.96. The van der Waals surface area contributed by atoms with Gasteiger partial charge >= 0.3 is 0 Å². The van der Waals surface area contributed by atoms with Crippen molar-refractivity contribution in [3.8, 4) is 11.1 Å². The minimum Gasteiger partial charge on any atom is -0.222 e. The van der Waals surface area contributed by atoms with Crippen molar-refractivity contribution in [3.05, 3.63) is 59.7 Å². The Balaban J connectivity index is 0. The van der Waals surface area contributed by atoms with Crippen LogP contribution in [0, 0.1) is 24.7 Å². The first kappa shape index (κ1) is 20.5. The van der Waals surface area contributed by atoms with E-state index in [1.54, 1.807) is 0 Å². The molecule has 0 atom stereocenters. The smallest absolute Gasteiger partial charge is 0.222 e. The third kappa shape index (κ3) is 8.84. The normalized spacial score (nSPS) is 7.52. The molecule has 21 heavy (non-hydrogen) atoms. The van der Waals surface area contributed by atoms with Gasteiger partial charge in [-0.05, 0) is 25.0 Å². The number of nitrogens with one attached hydrogen (secondary N) is 2. The largest absolute Gasteiger partial charge is 0.231 e. The average Bonchev–Trinajstić information content (AvgIpc) is 2.40. The molecular weight excluding hydrogens is 264 g/mol. The molecule has 2 N–H and O–H groups in total. The number of hydrogen-bond acceptors (Lipinski definition) is 4. The van der Waals surface area contributed by atoms with Crippen LogP contribution in [-0.2, 0) is 9.59 Å². The molecule has 0 unspecified atom stereocenters. The molecule has 0 saturated carbocycles. The molecule has 0 fully saturated rings. The lowest BCUT2D eigenvalue weighted by molar-refractivity contribution is 0.562. The topological polar surface area (TPSA) is 81.8 Å². The van der Waals surface area contributed by atoms with Crippen LogP contribution < -0.4 is 0 Å². The molecule has 0 heterocycles. The minimum atomic E-state index is 0. The lowest BCUT2D eigenvalue weighted by Gasteiger charge is -2.03. The summed E-state index contributed by atoms with van der Waals surface area (Å²) >= 11 is 0. The predicted octanol–water partition coefficient (Wildman–Crippen LogP) is 4.41. The fourth-order valence-electron chi connectivity index (χ4n) is 1.65. The van der Waals surface area contributed by atoms with Crippen molar-refractivity contribution in [2.24, 2.45) is 0 Å². The first-order valence-corrected chi connectivity index (χ1v) is 5.80. The zero-order chi connectivity index (χ0) is 15.4. The van der Waals surface area contributed by atoms with Crippen LogP contribution in [-0.4, -0.2) is 12.2 Å². The van der Waals surface area contributed by atoms with E-state index in [1.165, 1.54) is 22.3 Å². The van der Waals surface area contributed by atoms with Crippen molar-refractivity contribution in [3.63, 3.8) is 0 Å². The monoisotopic (exact) mass is 284 g/mol. The second-order valence-corrected chi connectivity index (χ2v) is 3.94. The van der Waals surface area contributed by atoms with Gasteiger partial charge in [-0.2, -0.15) is 0 Å². The van der Waals surface area contributed by atoms with Gasteiger partial charge in [0.1, 0.15) is 0 Å². The van der Waals surface area contributed by atoms with Gasteiger partial charge < -0.3 is 0 Å². The summed E-state index contributed by atoms with van der Waals surface area (Å²) in [6.45, 7) is 4.25. The van der Waals surface area contributed by atoms with Crippen LogP contribution in [0.25, 0.3) is 11.1 Å². The molecular formula is C17H20N2O2. The van der Waals surface area contributed by atoms with Crippen molar-refractivity contribution in [2.45, 2.75) is 21.3 Å². The molecule has 0 bridgehead atoms. The molecule has 0 radical (unpaired) electrons. The van der Waals surface area contributed by atoms with Gasteiger partial charge in [0.05, 0.1) is 0 Å². The highest BCUT2D eigenvalue weighted by Crippen LogP contribution is 2.20. The molecule has 110 valence electrons. The van der Waals surface area contributed by atoms with Crippen LogP contribution in [0.3, 0.4) is 0 Å². The molecule has 0 aliphatic carbocycles. The number of carbonyl (C=O) groups excluding carboxylic acids is 2. The minimum absolute atomic E-state index is 0. The van der Waals surface area contributed by atoms with Gasteiger partial charge in [-0.3, -0.25) is 0 Å². The van der Waals surface area contributed by atoms with Crippen LogP contribution >= 0.6 is 0 Å². The van der Waals surface area contributed by atoms with E-state index in [2.05, 4.69) is 62.4 Å². The Morgan fingerprint density at radius 2 is 1.05 bits per heavy atom. The summed E-state index contributed by atoms with van der Waals surface area (Å²) in [5.74, 6) is 0. The van der Waals surface area contributed by atoms with Crippen LogP contribution in [0.1, 0.15) is 18.6 Å². The Morgan fingerprint density at radius 1 is 0.762 bits per heavy atom. The van der Waals surface area contributed by atoms with Crippen molar-refractivity contribution >= 4 is 12.2 Å². The van der Waals surface area contributed by atoms with E-state index in [9.17, 15) is 0 Å². The molecule has 0 spiro atoms. The zero-order valence-electron chi connectivity index (χ0n) is 11.4. The molecule has 4 nitrogen and oxygen atoms in total. The highest BCUT2D eigenvalue weighted by molar-refractivity contribution is 5.64. The predicted molar refractivity (Wildman–Crippen MR) is 84.9 cm³/mol. The molecule has 0 saturated heterocycles. The van der Waals surface area contributed by atoms with Gasteiger partial charge in [-0.15, -0.1) is 0 Å². The second kappa shape index (κ2) is 12.2. The van der Waals surface area contributed by atoms with Crippen LogP contribution in [0.15, 0.2) is 48.5 Å². The summed E-state index contributed by atoms with van der Waals surface area (Å²) in [4.78, 5) is 16.7. The zero-order valence-corrected chi connectivity index (χ0v) is 11.4. The number of isocyanates is 2. The summed E-state index contributed by atoms with van der Waals surface area (Å²) in [6.07, 6.45) is 1.50. The number of benzene rings is 2. The highest BCUT2D eigenvalue weighted by atomic mass is 16.1. The van der Waals surface area contributed by atoms with E-state index in [4.69, 9.17) is 20.4 Å². The molecule has 2 rings (SSSR count). The quantitative estimate of drug-likeness (QED) is 0.600. The molecule has 4 heteroatoms. The van der Waals surface area contributed by atoms with Crippen LogP contribution in [0.4, 0.5) is 0 Å². The first-order chi connectivity index (χ1) is 9.58. The Morgan fingerprint density at radius 3 is 1.29 bits per heavy atom. The third-order valence-electron chi connectivity index (χ3n) is 2.37. The first-order valence-electron chi connectivity index (χ1n) is 5.80. The Bertz CT molecular complexity index is 554. The summed E-state index contributed by atoms with van der Waals surface area (Å²) in [5.41, 5.74) is 5.22. The van der Waals surface area contributed by atoms with Gasteiger partial charge in [0.15, 0.2) is 0 Å². The van der Waals surface area contributed by atoms with E-state index in [1.807, 2.05) is 0 Å². The second-order valence-electron chi connectivity index (χ2n) is 3.94. The molecule has 0 aliphatic rings. The fourth-order valence-corrected chi connectivity index (χ4v) is 1.65. The standard InChI is InChI=1S/C14H14.2CHNO.CH4/c1-11-5-3-7-13(9-11)14-8-4-6-12(2)10-14;2*2-1-3;/h3-10H,1-2H3;2*2H;1H4. The van der Waals surface area contributed by atoms with Gasteiger partial charge in [-0.25, -0.2) is 20.4 Å². The molecule has 0 aliphatic heterocycles. The Hall–Kier alpha value is -2.80. The van der Waals surface area contributed by atoms with E-state index >= 15 is 0 Å². The molecule has 0 aromatic heterocycles.